The number of furan rings is 1. The summed E-state index contributed by atoms with van der Waals surface area (Å²) in [5.74, 6) is 0.466. The predicted octanol–water partition coefficient (Wildman–Crippen LogP) is 4.58. The number of carbonyl (C=O) groups is 2. The summed E-state index contributed by atoms with van der Waals surface area (Å²) in [6, 6.07) is 19.3. The number of para-hydroxylation sites is 2. The molecule has 1 atom stereocenters. The number of hydrogen-bond acceptors (Lipinski definition) is 8. The maximum Gasteiger partial charge on any atom is 0.307 e. The summed E-state index contributed by atoms with van der Waals surface area (Å²) in [4.78, 5) is 30.0. The lowest BCUT2D eigenvalue weighted by Crippen LogP contribution is -2.26. The smallest absolute Gasteiger partial charge is 0.307 e. The maximum atomic E-state index is 13.1. The molecule has 4 aromatic rings. The van der Waals surface area contributed by atoms with Gasteiger partial charge in [0.05, 0.1) is 25.0 Å². The zero-order valence-electron chi connectivity index (χ0n) is 18.5. The Bertz CT molecular complexity index is 1220. The van der Waals surface area contributed by atoms with Gasteiger partial charge in [-0.05, 0) is 31.2 Å². The molecule has 0 saturated heterocycles. The van der Waals surface area contributed by atoms with Crippen molar-refractivity contribution in [2.45, 2.75) is 25.9 Å². The summed E-state index contributed by atoms with van der Waals surface area (Å²) >= 11 is 0. The SMILES string of the molecule is CCOc1ccccc1NC(=O)C(OC(=O)CCc1nc(-c2ccco2)no1)c1ccccc1. The molecule has 174 valence electrons. The van der Waals surface area contributed by atoms with E-state index in [1.165, 1.54) is 6.26 Å². The third-order valence-electron chi connectivity index (χ3n) is 4.79. The molecular weight excluding hydrogens is 438 g/mol. The predicted molar refractivity (Wildman–Crippen MR) is 122 cm³/mol. The Hall–Kier alpha value is -4.40. The molecule has 0 aliphatic carbocycles. The molecule has 34 heavy (non-hydrogen) atoms. The van der Waals surface area contributed by atoms with E-state index in [9.17, 15) is 9.59 Å². The van der Waals surface area contributed by atoms with E-state index in [0.29, 0.717) is 35.2 Å². The fraction of sp³-hybridized carbons (Fsp3) is 0.200. The number of esters is 1. The number of ether oxygens (including phenoxy) is 2. The number of aryl methyl sites for hydroxylation is 1. The van der Waals surface area contributed by atoms with Gasteiger partial charge in [0.25, 0.3) is 5.91 Å². The van der Waals surface area contributed by atoms with Crippen LogP contribution in [0.2, 0.25) is 0 Å². The summed E-state index contributed by atoms with van der Waals surface area (Å²) in [5, 5.41) is 6.64. The van der Waals surface area contributed by atoms with Crippen LogP contribution in [-0.2, 0) is 20.7 Å². The highest BCUT2D eigenvalue weighted by molar-refractivity contribution is 5.97. The maximum absolute atomic E-state index is 13.1. The van der Waals surface area contributed by atoms with Gasteiger partial charge in [0, 0.05) is 12.0 Å². The summed E-state index contributed by atoms with van der Waals surface area (Å²) in [5.41, 5.74) is 1.03. The highest BCUT2D eigenvalue weighted by Crippen LogP contribution is 2.27. The summed E-state index contributed by atoms with van der Waals surface area (Å²) in [6.45, 7) is 2.30. The zero-order chi connectivity index (χ0) is 23.8. The Morgan fingerprint density at radius 1 is 1.03 bits per heavy atom. The monoisotopic (exact) mass is 461 g/mol. The minimum absolute atomic E-state index is 0.0497. The molecule has 0 spiro atoms. The van der Waals surface area contributed by atoms with Gasteiger partial charge >= 0.3 is 5.97 Å². The summed E-state index contributed by atoms with van der Waals surface area (Å²) in [6.07, 6.45) is 0.462. The van der Waals surface area contributed by atoms with Crippen LogP contribution >= 0.6 is 0 Å². The number of aromatic nitrogens is 2. The largest absolute Gasteiger partial charge is 0.492 e. The number of hydrogen-bond donors (Lipinski definition) is 1. The fourth-order valence-electron chi connectivity index (χ4n) is 3.21. The molecule has 1 unspecified atom stereocenters. The first-order chi connectivity index (χ1) is 16.6. The molecule has 9 heteroatoms. The van der Waals surface area contributed by atoms with Crippen LogP contribution in [0.5, 0.6) is 5.75 Å². The van der Waals surface area contributed by atoms with Gasteiger partial charge < -0.3 is 23.7 Å². The first-order valence-corrected chi connectivity index (χ1v) is 10.8. The summed E-state index contributed by atoms with van der Waals surface area (Å²) in [7, 11) is 0. The van der Waals surface area contributed by atoms with Gasteiger partial charge in [0.1, 0.15) is 5.75 Å². The van der Waals surface area contributed by atoms with E-state index < -0.39 is 18.0 Å². The molecule has 0 bridgehead atoms. The number of rotatable bonds is 10. The van der Waals surface area contributed by atoms with Crippen LogP contribution in [0.15, 0.2) is 81.9 Å². The Morgan fingerprint density at radius 2 is 1.82 bits per heavy atom. The lowest BCUT2D eigenvalue weighted by Gasteiger charge is -2.19. The minimum Gasteiger partial charge on any atom is -0.492 e. The highest BCUT2D eigenvalue weighted by atomic mass is 16.5. The van der Waals surface area contributed by atoms with Crippen LogP contribution in [0.1, 0.15) is 30.9 Å². The number of carbonyl (C=O) groups excluding carboxylic acids is 2. The van der Waals surface area contributed by atoms with E-state index >= 15 is 0 Å². The average molecular weight is 461 g/mol. The number of amides is 1. The third kappa shape index (κ3) is 5.69. The van der Waals surface area contributed by atoms with Crippen molar-refractivity contribution in [3.05, 3.63) is 84.4 Å². The van der Waals surface area contributed by atoms with Crippen molar-refractivity contribution < 1.29 is 28.0 Å². The first kappa shape index (κ1) is 22.8. The lowest BCUT2D eigenvalue weighted by atomic mass is 10.1. The number of nitrogens with zero attached hydrogens (tertiary/aromatic N) is 2. The van der Waals surface area contributed by atoms with Crippen LogP contribution in [-0.4, -0.2) is 28.6 Å². The van der Waals surface area contributed by atoms with Crippen LogP contribution in [0, 0.1) is 0 Å². The topological polar surface area (TPSA) is 117 Å². The molecule has 4 rings (SSSR count). The standard InChI is InChI=1S/C25H23N3O6/c1-2-31-19-12-7-6-11-18(19)26-25(30)23(17-9-4-3-5-10-17)33-22(29)15-14-21-27-24(28-34-21)20-13-8-16-32-20/h3-13,16,23H,2,14-15H2,1H3,(H,26,30). The van der Waals surface area contributed by atoms with Gasteiger partial charge in [0.2, 0.25) is 17.8 Å². The molecule has 2 heterocycles. The molecule has 2 aromatic carbocycles. The molecule has 2 aromatic heterocycles. The van der Waals surface area contributed by atoms with Crippen LogP contribution in [0.4, 0.5) is 5.69 Å². The van der Waals surface area contributed by atoms with E-state index in [4.69, 9.17) is 18.4 Å². The molecule has 1 amide bonds. The lowest BCUT2D eigenvalue weighted by molar-refractivity contribution is -0.154. The normalized spacial score (nSPS) is 11.6. The van der Waals surface area contributed by atoms with E-state index in [2.05, 4.69) is 15.5 Å². The van der Waals surface area contributed by atoms with Crippen LogP contribution < -0.4 is 10.1 Å². The van der Waals surface area contributed by atoms with Gasteiger partial charge in [-0.3, -0.25) is 9.59 Å². The molecule has 0 fully saturated rings. The van der Waals surface area contributed by atoms with Crippen molar-refractivity contribution in [2.75, 3.05) is 11.9 Å². The Kier molecular flexibility index (Phi) is 7.34. The van der Waals surface area contributed by atoms with Crippen molar-refractivity contribution in [3.63, 3.8) is 0 Å². The third-order valence-corrected chi connectivity index (χ3v) is 4.79. The van der Waals surface area contributed by atoms with Crippen molar-refractivity contribution >= 4 is 17.6 Å². The molecule has 9 nitrogen and oxygen atoms in total. The molecule has 0 aliphatic rings. The molecule has 0 saturated carbocycles. The van der Waals surface area contributed by atoms with Crippen molar-refractivity contribution in [1.29, 1.82) is 0 Å². The Balaban J connectivity index is 1.43. The fourth-order valence-corrected chi connectivity index (χ4v) is 3.21. The van der Waals surface area contributed by atoms with Gasteiger partial charge in [0.15, 0.2) is 5.76 Å². The van der Waals surface area contributed by atoms with E-state index in [1.807, 2.05) is 19.1 Å². The van der Waals surface area contributed by atoms with E-state index in [1.54, 1.807) is 54.6 Å². The van der Waals surface area contributed by atoms with Crippen molar-refractivity contribution in [2.24, 2.45) is 0 Å². The first-order valence-electron chi connectivity index (χ1n) is 10.8. The second-order valence-corrected chi connectivity index (χ2v) is 7.19. The average Bonchev–Trinajstić information content (AvgIpc) is 3.55. The summed E-state index contributed by atoms with van der Waals surface area (Å²) < 4.78 is 21.5. The molecular formula is C25H23N3O6. The van der Waals surface area contributed by atoms with E-state index in [-0.39, 0.29) is 18.7 Å². The molecule has 0 aliphatic heterocycles. The van der Waals surface area contributed by atoms with Crippen LogP contribution in [0.25, 0.3) is 11.6 Å². The van der Waals surface area contributed by atoms with Gasteiger partial charge in [-0.2, -0.15) is 4.98 Å². The quantitative estimate of drug-likeness (QED) is 0.341. The second kappa shape index (κ2) is 11.0. The second-order valence-electron chi connectivity index (χ2n) is 7.19. The number of anilines is 1. The number of nitrogens with one attached hydrogen (secondary N) is 1. The van der Waals surface area contributed by atoms with Crippen LogP contribution in [0.3, 0.4) is 0 Å². The minimum atomic E-state index is -1.15. The Labute approximate surface area is 195 Å². The van der Waals surface area contributed by atoms with Gasteiger partial charge in [-0.25, -0.2) is 0 Å². The van der Waals surface area contributed by atoms with Gasteiger partial charge in [-0.15, -0.1) is 0 Å². The van der Waals surface area contributed by atoms with Gasteiger partial charge in [-0.1, -0.05) is 47.6 Å². The van der Waals surface area contributed by atoms with Crippen molar-refractivity contribution in [1.82, 2.24) is 10.1 Å². The number of benzene rings is 2. The molecule has 0 radical (unpaired) electrons. The zero-order valence-corrected chi connectivity index (χ0v) is 18.5. The Morgan fingerprint density at radius 3 is 2.59 bits per heavy atom. The molecule has 1 N–H and O–H groups in total. The van der Waals surface area contributed by atoms with E-state index in [0.717, 1.165) is 0 Å². The highest BCUT2D eigenvalue weighted by Gasteiger charge is 2.26. The van der Waals surface area contributed by atoms with Crippen molar-refractivity contribution in [3.8, 4) is 17.3 Å².